The van der Waals surface area contributed by atoms with Crippen molar-refractivity contribution in [2.75, 3.05) is 20.8 Å². The lowest BCUT2D eigenvalue weighted by Gasteiger charge is -2.17. The van der Waals surface area contributed by atoms with Crippen LogP contribution >= 0.6 is 11.6 Å². The lowest BCUT2D eigenvalue weighted by atomic mass is 10.2. The van der Waals surface area contributed by atoms with Crippen LogP contribution in [0.25, 0.3) is 33.5 Å². The van der Waals surface area contributed by atoms with Crippen molar-refractivity contribution >= 4 is 45.7 Å². The minimum atomic E-state index is -0.913. The molecule has 0 saturated carbocycles. The molecule has 0 unspecified atom stereocenters. The van der Waals surface area contributed by atoms with E-state index < -0.39 is 17.6 Å². The molecule has 210 valence electrons. The van der Waals surface area contributed by atoms with Crippen molar-refractivity contribution in [3.63, 3.8) is 0 Å². The number of esters is 1. The highest BCUT2D eigenvalue weighted by Crippen LogP contribution is 2.37. The number of carbonyl (C=O) groups is 1. The molecule has 0 fully saturated rings. The molecule has 0 bridgehead atoms. The number of benzene rings is 3. The van der Waals surface area contributed by atoms with Crippen molar-refractivity contribution < 1.29 is 28.2 Å². The van der Waals surface area contributed by atoms with Crippen LogP contribution in [0.1, 0.15) is 19.4 Å². The molecule has 2 aromatic heterocycles. The number of hydrogen-bond donors (Lipinski definition) is 0. The lowest BCUT2D eigenvalue weighted by Crippen LogP contribution is -2.25. The fraction of sp³-hybridized carbons (Fsp3) is 0.200. The van der Waals surface area contributed by atoms with Gasteiger partial charge in [-0.05, 0) is 61.9 Å². The standard InChI is InChI=1S/C30H26ClN3O7/c1-5-39-25-14-18(13-21(31)27(25)40-17(2)30(36)38-4)16-32-34-28(33-22-10-7-6-9-19(22)29(34)35)26-15-20-23(37-3)11-8-12-24(20)41-26/h6-17H,5H2,1-4H3/t17-/m0/s1. The van der Waals surface area contributed by atoms with Gasteiger partial charge in [-0.25, -0.2) is 9.78 Å². The molecule has 0 spiro atoms. The zero-order chi connectivity index (χ0) is 29.1. The number of rotatable bonds is 9. The Labute approximate surface area is 239 Å². The van der Waals surface area contributed by atoms with E-state index in [1.54, 1.807) is 69.5 Å². The van der Waals surface area contributed by atoms with Crippen molar-refractivity contribution in [2.24, 2.45) is 5.10 Å². The molecule has 0 amide bonds. The molecular weight excluding hydrogens is 550 g/mol. The highest BCUT2D eigenvalue weighted by Gasteiger charge is 2.21. The van der Waals surface area contributed by atoms with Gasteiger partial charge in [-0.15, -0.1) is 0 Å². The quantitative estimate of drug-likeness (QED) is 0.163. The lowest BCUT2D eigenvalue weighted by molar-refractivity contribution is -0.147. The van der Waals surface area contributed by atoms with E-state index in [9.17, 15) is 9.59 Å². The van der Waals surface area contributed by atoms with Crippen LogP contribution in [-0.2, 0) is 9.53 Å². The van der Waals surface area contributed by atoms with Gasteiger partial charge in [-0.1, -0.05) is 29.8 Å². The second kappa shape index (κ2) is 11.7. The van der Waals surface area contributed by atoms with Crippen LogP contribution in [-0.4, -0.2) is 48.8 Å². The normalized spacial score (nSPS) is 12.1. The number of aromatic nitrogens is 2. The first-order valence-electron chi connectivity index (χ1n) is 12.7. The van der Waals surface area contributed by atoms with E-state index in [1.807, 2.05) is 12.1 Å². The summed E-state index contributed by atoms with van der Waals surface area (Å²) < 4.78 is 28.9. The van der Waals surface area contributed by atoms with Gasteiger partial charge < -0.3 is 23.4 Å². The minimum Gasteiger partial charge on any atom is -0.496 e. The maximum absolute atomic E-state index is 13.6. The number of fused-ring (bicyclic) bond motifs is 2. The van der Waals surface area contributed by atoms with Gasteiger partial charge >= 0.3 is 5.97 Å². The average molecular weight is 576 g/mol. The van der Waals surface area contributed by atoms with Crippen molar-refractivity contribution in [2.45, 2.75) is 20.0 Å². The van der Waals surface area contributed by atoms with Gasteiger partial charge in [-0.2, -0.15) is 9.78 Å². The summed E-state index contributed by atoms with van der Waals surface area (Å²) >= 11 is 6.53. The van der Waals surface area contributed by atoms with Gasteiger partial charge in [0, 0.05) is 0 Å². The second-order valence-electron chi connectivity index (χ2n) is 8.84. The molecule has 0 radical (unpaired) electrons. The van der Waals surface area contributed by atoms with Crippen LogP contribution in [0.5, 0.6) is 17.2 Å². The first kappa shape index (κ1) is 27.7. The summed E-state index contributed by atoms with van der Waals surface area (Å²) in [5.41, 5.74) is 1.18. The third-order valence-electron chi connectivity index (χ3n) is 6.20. The van der Waals surface area contributed by atoms with Gasteiger partial charge in [-0.3, -0.25) is 4.79 Å². The fourth-order valence-corrected chi connectivity index (χ4v) is 4.53. The van der Waals surface area contributed by atoms with E-state index in [0.29, 0.717) is 45.9 Å². The van der Waals surface area contributed by atoms with E-state index in [-0.39, 0.29) is 16.6 Å². The summed E-state index contributed by atoms with van der Waals surface area (Å²) in [7, 11) is 2.84. The molecule has 11 heteroatoms. The number of methoxy groups -OCH3 is 2. The summed E-state index contributed by atoms with van der Waals surface area (Å²) in [5.74, 6) is 1.07. The summed E-state index contributed by atoms with van der Waals surface area (Å²) in [5, 5.41) is 5.78. The SMILES string of the molecule is CCOc1cc(C=Nn2c(-c3cc4c(OC)cccc4o3)nc3ccccc3c2=O)cc(Cl)c1O[C@@H](C)C(=O)OC. The molecule has 1 atom stereocenters. The Hall–Kier alpha value is -4.83. The van der Waals surface area contributed by atoms with Gasteiger partial charge in [0.15, 0.2) is 23.4 Å². The van der Waals surface area contributed by atoms with Crippen LogP contribution in [0.3, 0.4) is 0 Å². The molecular formula is C30H26ClN3O7. The first-order chi connectivity index (χ1) is 19.8. The van der Waals surface area contributed by atoms with Gasteiger partial charge in [0.05, 0.1) is 48.4 Å². The largest absolute Gasteiger partial charge is 0.496 e. The number of hydrogen-bond acceptors (Lipinski definition) is 9. The van der Waals surface area contributed by atoms with Gasteiger partial charge in [0.1, 0.15) is 11.3 Å². The van der Waals surface area contributed by atoms with E-state index in [1.165, 1.54) is 18.0 Å². The molecule has 3 aromatic carbocycles. The van der Waals surface area contributed by atoms with Crippen molar-refractivity contribution in [3.05, 3.63) is 81.6 Å². The second-order valence-corrected chi connectivity index (χ2v) is 9.25. The van der Waals surface area contributed by atoms with Crippen LogP contribution in [0, 0.1) is 0 Å². The molecule has 0 saturated heterocycles. The number of nitrogens with zero attached hydrogens (tertiary/aromatic N) is 3. The monoisotopic (exact) mass is 575 g/mol. The Balaban J connectivity index is 1.62. The Morgan fingerprint density at radius 1 is 1.10 bits per heavy atom. The fourth-order valence-electron chi connectivity index (χ4n) is 4.27. The minimum absolute atomic E-state index is 0.182. The predicted molar refractivity (Wildman–Crippen MR) is 155 cm³/mol. The number of ether oxygens (including phenoxy) is 4. The predicted octanol–water partition coefficient (Wildman–Crippen LogP) is 5.69. The zero-order valence-corrected chi connectivity index (χ0v) is 23.5. The van der Waals surface area contributed by atoms with Crippen LogP contribution in [0.15, 0.2) is 75.0 Å². The molecule has 41 heavy (non-hydrogen) atoms. The highest BCUT2D eigenvalue weighted by atomic mass is 35.5. The van der Waals surface area contributed by atoms with E-state index in [2.05, 4.69) is 5.10 Å². The Kier molecular flexibility index (Phi) is 7.93. The topological polar surface area (TPSA) is 114 Å². The maximum Gasteiger partial charge on any atom is 0.346 e. The van der Waals surface area contributed by atoms with Crippen LogP contribution in [0.4, 0.5) is 0 Å². The highest BCUT2D eigenvalue weighted by molar-refractivity contribution is 6.32. The van der Waals surface area contributed by atoms with E-state index in [0.717, 1.165) is 5.39 Å². The summed E-state index contributed by atoms with van der Waals surface area (Å²) in [6.45, 7) is 3.66. The van der Waals surface area contributed by atoms with Gasteiger partial charge in [0.25, 0.3) is 5.56 Å². The number of para-hydroxylation sites is 1. The maximum atomic E-state index is 13.6. The van der Waals surface area contributed by atoms with E-state index in [4.69, 9.17) is 39.9 Å². The third kappa shape index (κ3) is 5.46. The molecule has 2 heterocycles. The smallest absolute Gasteiger partial charge is 0.346 e. The first-order valence-corrected chi connectivity index (χ1v) is 13.1. The summed E-state index contributed by atoms with van der Waals surface area (Å²) in [4.78, 5) is 30.2. The zero-order valence-electron chi connectivity index (χ0n) is 22.7. The molecule has 0 aliphatic rings. The van der Waals surface area contributed by atoms with Crippen LogP contribution < -0.4 is 19.8 Å². The molecule has 10 nitrogen and oxygen atoms in total. The molecule has 5 rings (SSSR count). The average Bonchev–Trinajstić information content (AvgIpc) is 3.42. The Morgan fingerprint density at radius 2 is 1.90 bits per heavy atom. The summed E-state index contributed by atoms with van der Waals surface area (Å²) in [6.07, 6.45) is 0.537. The molecule has 0 N–H and O–H groups in total. The van der Waals surface area contributed by atoms with Crippen molar-refractivity contribution in [1.29, 1.82) is 0 Å². The number of carbonyl (C=O) groups excluding carboxylic acids is 1. The van der Waals surface area contributed by atoms with E-state index >= 15 is 0 Å². The third-order valence-corrected chi connectivity index (χ3v) is 6.48. The molecule has 5 aromatic rings. The van der Waals surface area contributed by atoms with Crippen molar-refractivity contribution in [3.8, 4) is 28.8 Å². The molecule has 0 aliphatic carbocycles. The Bertz CT molecular complexity index is 1840. The Morgan fingerprint density at radius 3 is 2.66 bits per heavy atom. The van der Waals surface area contributed by atoms with Gasteiger partial charge in [0.2, 0.25) is 5.82 Å². The number of furan rings is 1. The van der Waals surface area contributed by atoms with Crippen molar-refractivity contribution in [1.82, 2.24) is 9.66 Å². The van der Waals surface area contributed by atoms with Crippen LogP contribution in [0.2, 0.25) is 5.02 Å². The molecule has 0 aliphatic heterocycles. The summed E-state index contributed by atoms with van der Waals surface area (Å²) in [6, 6.07) is 17.4. The number of halogens is 1.